The predicted octanol–water partition coefficient (Wildman–Crippen LogP) is 2.56. The molecule has 1 aromatic heterocycles. The van der Waals surface area contributed by atoms with Crippen molar-refractivity contribution < 1.29 is 5.11 Å². The van der Waals surface area contributed by atoms with E-state index in [-0.39, 0.29) is 6.61 Å². The van der Waals surface area contributed by atoms with Crippen LogP contribution in [0.5, 0.6) is 0 Å². The first kappa shape index (κ1) is 14.8. The molecule has 1 saturated carbocycles. The third-order valence-corrected chi connectivity index (χ3v) is 5.38. The molecule has 0 amide bonds. The van der Waals surface area contributed by atoms with E-state index >= 15 is 0 Å². The van der Waals surface area contributed by atoms with Crippen LogP contribution in [-0.4, -0.2) is 42.6 Å². The Morgan fingerprint density at radius 1 is 1.33 bits per heavy atom. The molecule has 1 saturated heterocycles. The second-order valence-corrected chi connectivity index (χ2v) is 6.90. The number of nitrogens with zero attached hydrogens (tertiary/aromatic N) is 2. The van der Waals surface area contributed by atoms with Crippen molar-refractivity contribution in [2.24, 2.45) is 5.41 Å². The number of aliphatic hydroxyl groups excluding tert-OH is 1. The molecule has 3 rings (SSSR count). The van der Waals surface area contributed by atoms with Gasteiger partial charge in [-0.15, -0.1) is 0 Å². The van der Waals surface area contributed by atoms with Crippen molar-refractivity contribution in [1.29, 1.82) is 0 Å². The first-order chi connectivity index (χ1) is 10.3. The van der Waals surface area contributed by atoms with Crippen LogP contribution in [0.3, 0.4) is 0 Å². The van der Waals surface area contributed by atoms with Crippen molar-refractivity contribution in [3.05, 3.63) is 12.3 Å². The van der Waals surface area contributed by atoms with Gasteiger partial charge in [-0.1, -0.05) is 0 Å². The molecule has 1 aromatic rings. The Hall–Kier alpha value is -1.14. The van der Waals surface area contributed by atoms with Crippen molar-refractivity contribution in [1.82, 2.24) is 4.98 Å². The van der Waals surface area contributed by atoms with E-state index in [1.807, 2.05) is 13.2 Å². The normalized spacial score (nSPS) is 19.6. The minimum atomic E-state index is 0.174. The number of piperidine rings is 1. The van der Waals surface area contributed by atoms with Crippen LogP contribution in [0.1, 0.15) is 25.7 Å². The van der Waals surface area contributed by atoms with E-state index in [1.54, 1.807) is 0 Å². The fourth-order valence-electron chi connectivity index (χ4n) is 3.02. The monoisotopic (exact) mass is 308 g/mol. The summed E-state index contributed by atoms with van der Waals surface area (Å²) in [5, 5.41) is 12.1. The van der Waals surface area contributed by atoms with Crippen LogP contribution in [0.4, 0.5) is 17.2 Å². The highest BCUT2D eigenvalue weighted by Crippen LogP contribution is 2.54. The van der Waals surface area contributed by atoms with Gasteiger partial charge in [0.05, 0.1) is 24.2 Å². The largest absolute Gasteiger partial charge is 0.395 e. The van der Waals surface area contributed by atoms with Crippen LogP contribution in [0.15, 0.2) is 12.3 Å². The molecule has 2 aliphatic rings. The highest BCUT2D eigenvalue weighted by Gasteiger charge is 2.44. The van der Waals surface area contributed by atoms with E-state index in [0.717, 1.165) is 24.6 Å². The van der Waals surface area contributed by atoms with E-state index in [1.165, 1.54) is 43.3 Å². The third-order valence-electron chi connectivity index (χ3n) is 4.64. The summed E-state index contributed by atoms with van der Waals surface area (Å²) in [5.41, 5.74) is 3.01. The molecule has 2 fully saturated rings. The van der Waals surface area contributed by atoms with E-state index in [9.17, 15) is 0 Å². The second kappa shape index (κ2) is 6.32. The van der Waals surface area contributed by atoms with E-state index in [2.05, 4.69) is 26.0 Å². The molecule has 21 heavy (non-hydrogen) atoms. The molecule has 0 atom stereocenters. The first-order valence-electron chi connectivity index (χ1n) is 7.68. The molecule has 1 spiro atoms. The van der Waals surface area contributed by atoms with Crippen LogP contribution in [0.2, 0.25) is 0 Å². The lowest BCUT2D eigenvalue weighted by molar-refractivity contribution is 0.322. The number of hydrogen-bond acceptors (Lipinski definition) is 6. The topological polar surface area (TPSA) is 60.4 Å². The van der Waals surface area contributed by atoms with Gasteiger partial charge in [-0.25, -0.2) is 4.98 Å². The van der Waals surface area contributed by atoms with Crippen molar-refractivity contribution in [2.45, 2.75) is 25.7 Å². The number of aromatic nitrogens is 1. The molecule has 116 valence electrons. The molecule has 1 aliphatic carbocycles. The lowest BCUT2D eigenvalue weighted by Gasteiger charge is -2.35. The summed E-state index contributed by atoms with van der Waals surface area (Å²) in [6.07, 6.45) is 7.39. The number of anilines is 3. The summed E-state index contributed by atoms with van der Waals surface area (Å²) in [6, 6.07) is 2.11. The van der Waals surface area contributed by atoms with Gasteiger partial charge in [0.2, 0.25) is 0 Å². The molecule has 3 N–H and O–H groups in total. The molecule has 0 radical (unpaired) electrons. The number of aliphatic hydroxyl groups is 1. The Kier molecular flexibility index (Phi) is 4.45. The van der Waals surface area contributed by atoms with Crippen molar-refractivity contribution in [3.8, 4) is 0 Å². The molecule has 2 heterocycles. The molecule has 0 aromatic carbocycles. The Balaban J connectivity index is 1.70. The van der Waals surface area contributed by atoms with Crippen molar-refractivity contribution in [2.75, 3.05) is 47.4 Å². The van der Waals surface area contributed by atoms with Gasteiger partial charge in [0.25, 0.3) is 0 Å². The van der Waals surface area contributed by atoms with E-state index in [4.69, 9.17) is 5.11 Å². The standard InChI is InChI=1S/C15H24N4OS/c1-16-12-11-17-14(18-21-9-8-20)10-13(12)19-6-4-15(2-3-15)5-7-19/h10-11,16,20H,2-9H2,1H3,(H,17,18). The molecule has 1 aliphatic heterocycles. The quantitative estimate of drug-likeness (QED) is 0.554. The summed E-state index contributed by atoms with van der Waals surface area (Å²) < 4.78 is 3.20. The maximum Gasteiger partial charge on any atom is 0.138 e. The molecule has 5 nitrogen and oxygen atoms in total. The highest BCUT2D eigenvalue weighted by molar-refractivity contribution is 8.00. The fourth-order valence-corrected chi connectivity index (χ4v) is 3.48. The van der Waals surface area contributed by atoms with E-state index < -0.39 is 0 Å². The number of pyridine rings is 1. The summed E-state index contributed by atoms with van der Waals surface area (Å²) in [6.45, 7) is 2.46. The maximum atomic E-state index is 8.84. The zero-order valence-corrected chi connectivity index (χ0v) is 13.4. The van der Waals surface area contributed by atoms with Gasteiger partial charge in [0.1, 0.15) is 5.82 Å². The summed E-state index contributed by atoms with van der Waals surface area (Å²) in [5.74, 6) is 1.52. The van der Waals surface area contributed by atoms with Gasteiger partial charge in [0.15, 0.2) is 0 Å². The zero-order valence-electron chi connectivity index (χ0n) is 12.6. The minimum absolute atomic E-state index is 0.174. The maximum absolute atomic E-state index is 8.84. The number of hydrogen-bond donors (Lipinski definition) is 3. The van der Waals surface area contributed by atoms with Gasteiger partial charge >= 0.3 is 0 Å². The Morgan fingerprint density at radius 3 is 2.71 bits per heavy atom. The minimum Gasteiger partial charge on any atom is -0.395 e. The van der Waals surface area contributed by atoms with Crippen LogP contribution in [0.25, 0.3) is 0 Å². The van der Waals surface area contributed by atoms with Gasteiger partial charge in [-0.05, 0) is 43.0 Å². The highest BCUT2D eigenvalue weighted by atomic mass is 32.2. The summed E-state index contributed by atoms with van der Waals surface area (Å²) in [4.78, 5) is 6.89. The lowest BCUT2D eigenvalue weighted by atomic mass is 9.93. The smallest absolute Gasteiger partial charge is 0.138 e. The molecular weight excluding hydrogens is 284 g/mol. The number of rotatable bonds is 6. The number of nitrogens with one attached hydrogen (secondary N) is 2. The molecular formula is C15H24N4OS. The average molecular weight is 308 g/mol. The fraction of sp³-hybridized carbons (Fsp3) is 0.667. The molecule has 0 bridgehead atoms. The van der Waals surface area contributed by atoms with Crippen LogP contribution < -0.4 is 14.9 Å². The Morgan fingerprint density at radius 2 is 2.10 bits per heavy atom. The van der Waals surface area contributed by atoms with Gasteiger partial charge < -0.3 is 20.0 Å². The zero-order chi connectivity index (χ0) is 14.7. The summed E-state index contributed by atoms with van der Waals surface area (Å²) >= 11 is 1.48. The Bertz CT molecular complexity index is 483. The second-order valence-electron chi connectivity index (χ2n) is 6.00. The molecule has 6 heteroatoms. The van der Waals surface area contributed by atoms with Crippen LogP contribution >= 0.6 is 11.9 Å². The lowest BCUT2D eigenvalue weighted by Crippen LogP contribution is -2.34. The summed E-state index contributed by atoms with van der Waals surface area (Å²) in [7, 11) is 1.94. The van der Waals surface area contributed by atoms with E-state index in [0.29, 0.717) is 11.2 Å². The average Bonchev–Trinajstić information content (AvgIpc) is 3.27. The van der Waals surface area contributed by atoms with Crippen LogP contribution in [0, 0.1) is 5.41 Å². The van der Waals surface area contributed by atoms with Gasteiger partial charge in [0, 0.05) is 32.0 Å². The van der Waals surface area contributed by atoms with Gasteiger partial charge in [-0.3, -0.25) is 0 Å². The molecule has 0 unspecified atom stereocenters. The van der Waals surface area contributed by atoms with Crippen molar-refractivity contribution >= 4 is 29.1 Å². The first-order valence-corrected chi connectivity index (χ1v) is 8.66. The van der Waals surface area contributed by atoms with Crippen molar-refractivity contribution in [3.63, 3.8) is 0 Å². The van der Waals surface area contributed by atoms with Gasteiger partial charge in [-0.2, -0.15) is 0 Å². The third kappa shape index (κ3) is 3.37. The predicted molar refractivity (Wildman–Crippen MR) is 90.1 cm³/mol. The SMILES string of the molecule is CNc1cnc(NSCCO)cc1N1CCC2(CC1)CC2. The Labute approximate surface area is 130 Å². The van der Waals surface area contributed by atoms with Crippen LogP contribution in [-0.2, 0) is 0 Å².